The highest BCUT2D eigenvalue weighted by Gasteiger charge is 2.12. The molecule has 1 unspecified atom stereocenters. The first kappa shape index (κ1) is 14.4. The Morgan fingerprint density at radius 1 is 1.32 bits per heavy atom. The van der Waals surface area contributed by atoms with Crippen molar-refractivity contribution in [1.82, 2.24) is 4.90 Å². The highest BCUT2D eigenvalue weighted by molar-refractivity contribution is 5.38. The lowest BCUT2D eigenvalue weighted by molar-refractivity contribution is 0.189. The Bertz CT molecular complexity index is 398. The molecular weight excluding hydrogens is 238 g/mol. The summed E-state index contributed by atoms with van der Waals surface area (Å²) in [7, 11) is 0. The number of ether oxygens (including phenoxy) is 1. The molecule has 1 atom stereocenters. The summed E-state index contributed by atoms with van der Waals surface area (Å²) >= 11 is 0. The molecule has 19 heavy (non-hydrogen) atoms. The summed E-state index contributed by atoms with van der Waals surface area (Å²) < 4.78 is 5.83. The SMILES string of the molecule is Cc1ccc(OCCCN2CCCC2)c(C(C)O)c1. The van der Waals surface area contributed by atoms with Crippen molar-refractivity contribution in [2.45, 2.75) is 39.2 Å². The van der Waals surface area contributed by atoms with Gasteiger partial charge >= 0.3 is 0 Å². The zero-order valence-electron chi connectivity index (χ0n) is 12.1. The van der Waals surface area contributed by atoms with Crippen LogP contribution in [0.15, 0.2) is 18.2 Å². The molecule has 106 valence electrons. The maximum absolute atomic E-state index is 9.77. The van der Waals surface area contributed by atoms with E-state index in [-0.39, 0.29) is 0 Å². The van der Waals surface area contributed by atoms with Crippen LogP contribution in [0.1, 0.15) is 43.4 Å². The van der Waals surface area contributed by atoms with Gasteiger partial charge in [0.2, 0.25) is 0 Å². The second-order valence-corrected chi connectivity index (χ2v) is 5.47. The highest BCUT2D eigenvalue weighted by Crippen LogP contribution is 2.26. The molecule has 1 aromatic carbocycles. The Balaban J connectivity index is 1.81. The second-order valence-electron chi connectivity index (χ2n) is 5.47. The molecule has 1 heterocycles. The summed E-state index contributed by atoms with van der Waals surface area (Å²) in [6.07, 6.45) is 3.25. The summed E-state index contributed by atoms with van der Waals surface area (Å²) in [6.45, 7) is 8.14. The van der Waals surface area contributed by atoms with E-state index in [1.54, 1.807) is 6.92 Å². The average molecular weight is 263 g/mol. The van der Waals surface area contributed by atoms with Gasteiger partial charge < -0.3 is 14.7 Å². The maximum atomic E-state index is 9.77. The quantitative estimate of drug-likeness (QED) is 0.801. The number of aliphatic hydroxyl groups is 1. The fourth-order valence-corrected chi connectivity index (χ4v) is 2.60. The van der Waals surface area contributed by atoms with E-state index < -0.39 is 6.10 Å². The van der Waals surface area contributed by atoms with Crippen LogP contribution >= 0.6 is 0 Å². The first-order valence-electron chi connectivity index (χ1n) is 7.30. The number of aryl methyl sites for hydroxylation is 1. The predicted molar refractivity (Wildman–Crippen MR) is 77.6 cm³/mol. The lowest BCUT2D eigenvalue weighted by Gasteiger charge is -2.16. The van der Waals surface area contributed by atoms with E-state index in [9.17, 15) is 5.11 Å². The molecule has 3 nitrogen and oxygen atoms in total. The molecule has 0 radical (unpaired) electrons. The van der Waals surface area contributed by atoms with E-state index in [0.29, 0.717) is 0 Å². The Morgan fingerprint density at radius 2 is 2.05 bits per heavy atom. The fraction of sp³-hybridized carbons (Fsp3) is 0.625. The molecule has 2 rings (SSSR count). The molecule has 1 aliphatic heterocycles. The molecule has 1 saturated heterocycles. The van der Waals surface area contributed by atoms with Crippen LogP contribution in [0.2, 0.25) is 0 Å². The van der Waals surface area contributed by atoms with E-state index in [1.807, 2.05) is 25.1 Å². The second kappa shape index (κ2) is 6.92. The maximum Gasteiger partial charge on any atom is 0.125 e. The van der Waals surface area contributed by atoms with E-state index in [4.69, 9.17) is 4.74 Å². The van der Waals surface area contributed by atoms with Crippen LogP contribution in [0.3, 0.4) is 0 Å². The van der Waals surface area contributed by atoms with Crippen LogP contribution in [0.5, 0.6) is 5.75 Å². The Morgan fingerprint density at radius 3 is 2.74 bits per heavy atom. The average Bonchev–Trinajstić information content (AvgIpc) is 2.89. The van der Waals surface area contributed by atoms with E-state index >= 15 is 0 Å². The number of hydrogen-bond donors (Lipinski definition) is 1. The molecule has 0 aromatic heterocycles. The van der Waals surface area contributed by atoms with Crippen molar-refractivity contribution in [1.29, 1.82) is 0 Å². The zero-order valence-corrected chi connectivity index (χ0v) is 12.1. The number of rotatable bonds is 6. The van der Waals surface area contributed by atoms with Gasteiger partial charge in [-0.1, -0.05) is 11.6 Å². The number of hydrogen-bond acceptors (Lipinski definition) is 3. The molecule has 1 aliphatic rings. The third-order valence-corrected chi connectivity index (χ3v) is 3.69. The van der Waals surface area contributed by atoms with E-state index in [2.05, 4.69) is 4.90 Å². The number of nitrogens with zero attached hydrogens (tertiary/aromatic N) is 1. The van der Waals surface area contributed by atoms with Gasteiger partial charge in [-0.25, -0.2) is 0 Å². The zero-order chi connectivity index (χ0) is 13.7. The van der Waals surface area contributed by atoms with Gasteiger partial charge in [-0.15, -0.1) is 0 Å². The summed E-state index contributed by atoms with van der Waals surface area (Å²) in [6, 6.07) is 6.00. The largest absolute Gasteiger partial charge is 0.493 e. The van der Waals surface area contributed by atoms with Gasteiger partial charge in [0.15, 0.2) is 0 Å². The minimum Gasteiger partial charge on any atom is -0.493 e. The van der Waals surface area contributed by atoms with Crippen LogP contribution in [0.25, 0.3) is 0 Å². The molecule has 1 N–H and O–H groups in total. The monoisotopic (exact) mass is 263 g/mol. The van der Waals surface area contributed by atoms with Crippen molar-refractivity contribution in [3.63, 3.8) is 0 Å². The Kier molecular flexibility index (Phi) is 5.23. The van der Waals surface area contributed by atoms with Crippen molar-refractivity contribution >= 4 is 0 Å². The van der Waals surface area contributed by atoms with Crippen molar-refractivity contribution in [3.05, 3.63) is 29.3 Å². The fourth-order valence-electron chi connectivity index (χ4n) is 2.60. The highest BCUT2D eigenvalue weighted by atomic mass is 16.5. The van der Waals surface area contributed by atoms with Gasteiger partial charge in [0.05, 0.1) is 12.7 Å². The van der Waals surface area contributed by atoms with E-state index in [1.165, 1.54) is 25.9 Å². The predicted octanol–water partition coefficient (Wildman–Crippen LogP) is 2.91. The molecule has 0 saturated carbocycles. The minimum atomic E-state index is -0.478. The summed E-state index contributed by atoms with van der Waals surface area (Å²) in [5, 5.41) is 9.77. The van der Waals surface area contributed by atoms with Crippen molar-refractivity contribution in [2.24, 2.45) is 0 Å². The van der Waals surface area contributed by atoms with Crippen LogP contribution in [-0.2, 0) is 0 Å². The molecule has 1 fully saturated rings. The number of likely N-dealkylation sites (tertiary alicyclic amines) is 1. The van der Waals surface area contributed by atoms with Crippen molar-refractivity contribution in [3.8, 4) is 5.75 Å². The van der Waals surface area contributed by atoms with Crippen LogP contribution in [-0.4, -0.2) is 36.2 Å². The summed E-state index contributed by atoms with van der Waals surface area (Å²) in [5.41, 5.74) is 2.04. The summed E-state index contributed by atoms with van der Waals surface area (Å²) in [4.78, 5) is 2.49. The molecule has 1 aromatic rings. The third kappa shape index (κ3) is 4.22. The van der Waals surface area contributed by atoms with Gasteiger partial charge in [-0.3, -0.25) is 0 Å². The standard InChI is InChI=1S/C16H25NO2/c1-13-6-7-16(15(12-13)14(2)18)19-11-5-10-17-8-3-4-9-17/h6-7,12,14,18H,3-5,8-11H2,1-2H3. The normalized spacial score (nSPS) is 17.6. The lowest BCUT2D eigenvalue weighted by atomic mass is 10.1. The molecular formula is C16H25NO2. The molecule has 0 aliphatic carbocycles. The number of benzene rings is 1. The first-order chi connectivity index (χ1) is 9.16. The minimum absolute atomic E-state index is 0.478. The van der Waals surface area contributed by atoms with Crippen LogP contribution in [0, 0.1) is 6.92 Å². The van der Waals surface area contributed by atoms with E-state index in [0.717, 1.165) is 36.4 Å². The molecule has 0 bridgehead atoms. The Hall–Kier alpha value is -1.06. The van der Waals surface area contributed by atoms with Gasteiger partial charge in [-0.05, 0) is 58.3 Å². The molecule has 3 heteroatoms. The first-order valence-corrected chi connectivity index (χ1v) is 7.30. The van der Waals surface area contributed by atoms with Crippen molar-refractivity contribution in [2.75, 3.05) is 26.2 Å². The van der Waals surface area contributed by atoms with Gasteiger partial charge in [0.1, 0.15) is 5.75 Å². The molecule has 0 spiro atoms. The smallest absolute Gasteiger partial charge is 0.125 e. The summed E-state index contributed by atoms with van der Waals surface area (Å²) in [5.74, 6) is 0.821. The van der Waals surface area contributed by atoms with Crippen LogP contribution < -0.4 is 4.74 Å². The van der Waals surface area contributed by atoms with Gasteiger partial charge in [0.25, 0.3) is 0 Å². The molecule has 0 amide bonds. The lowest BCUT2D eigenvalue weighted by Crippen LogP contribution is -2.22. The topological polar surface area (TPSA) is 32.7 Å². The van der Waals surface area contributed by atoms with Crippen molar-refractivity contribution < 1.29 is 9.84 Å². The number of aliphatic hydroxyl groups excluding tert-OH is 1. The van der Waals surface area contributed by atoms with Crippen LogP contribution in [0.4, 0.5) is 0 Å². The van der Waals surface area contributed by atoms with Gasteiger partial charge in [-0.2, -0.15) is 0 Å². The van der Waals surface area contributed by atoms with Gasteiger partial charge in [0, 0.05) is 12.1 Å². The Labute approximate surface area is 116 Å². The third-order valence-electron chi connectivity index (χ3n) is 3.69.